The highest BCUT2D eigenvalue weighted by molar-refractivity contribution is 5.79. The molecule has 0 amide bonds. The average Bonchev–Trinajstić information content (AvgIpc) is 2.96. The van der Waals surface area contributed by atoms with E-state index in [1.807, 2.05) is 44.2 Å². The van der Waals surface area contributed by atoms with Crippen LogP contribution in [0.5, 0.6) is 0 Å². The van der Waals surface area contributed by atoms with Crippen molar-refractivity contribution in [2.45, 2.75) is 20.3 Å². The van der Waals surface area contributed by atoms with E-state index < -0.39 is 0 Å². The van der Waals surface area contributed by atoms with Gasteiger partial charge in [0.1, 0.15) is 5.82 Å². The van der Waals surface area contributed by atoms with Crippen molar-refractivity contribution in [2.24, 2.45) is 0 Å². The van der Waals surface area contributed by atoms with Crippen molar-refractivity contribution in [3.05, 3.63) is 93.3 Å². The fourth-order valence-corrected chi connectivity index (χ4v) is 3.29. The summed E-state index contributed by atoms with van der Waals surface area (Å²) in [6, 6.07) is 16.1. The Morgan fingerprint density at radius 1 is 1.04 bits per heavy atom. The molecule has 0 saturated carbocycles. The molecule has 2 aromatic carbocycles. The van der Waals surface area contributed by atoms with Gasteiger partial charge in [-0.15, -0.1) is 0 Å². The topological polar surface area (TPSA) is 50.2 Å². The van der Waals surface area contributed by atoms with Crippen molar-refractivity contribution in [1.82, 2.24) is 14.6 Å². The van der Waals surface area contributed by atoms with Crippen LogP contribution in [0.15, 0.2) is 59.4 Å². The van der Waals surface area contributed by atoms with Gasteiger partial charge >= 0.3 is 0 Å². The third-order valence-corrected chi connectivity index (χ3v) is 4.62. The Kier molecular flexibility index (Phi) is 3.92. The van der Waals surface area contributed by atoms with Gasteiger partial charge in [-0.2, -0.15) is 0 Å². The molecule has 1 N–H and O–H groups in total. The van der Waals surface area contributed by atoms with Crippen LogP contribution in [-0.4, -0.2) is 14.6 Å². The molecule has 0 aliphatic rings. The molecule has 26 heavy (non-hydrogen) atoms. The molecule has 0 bridgehead atoms. The van der Waals surface area contributed by atoms with Crippen LogP contribution in [0.2, 0.25) is 0 Å². The van der Waals surface area contributed by atoms with Crippen LogP contribution in [0.25, 0.3) is 16.8 Å². The molecular weight excluding hydrogens is 329 g/mol. The van der Waals surface area contributed by atoms with Crippen LogP contribution < -0.4 is 5.56 Å². The van der Waals surface area contributed by atoms with Crippen molar-refractivity contribution in [3.8, 4) is 11.1 Å². The van der Waals surface area contributed by atoms with Crippen molar-refractivity contribution in [3.63, 3.8) is 0 Å². The quantitative estimate of drug-likeness (QED) is 0.608. The van der Waals surface area contributed by atoms with Gasteiger partial charge in [-0.25, -0.2) is 13.9 Å². The lowest BCUT2D eigenvalue weighted by Crippen LogP contribution is -2.22. The first-order valence-corrected chi connectivity index (χ1v) is 8.45. The minimum absolute atomic E-state index is 0.104. The van der Waals surface area contributed by atoms with Crippen LogP contribution >= 0.6 is 0 Å². The van der Waals surface area contributed by atoms with Gasteiger partial charge in [-0.1, -0.05) is 42.5 Å². The number of aromatic nitrogens is 3. The van der Waals surface area contributed by atoms with Gasteiger partial charge in [0.15, 0.2) is 5.65 Å². The van der Waals surface area contributed by atoms with Crippen LogP contribution in [0.3, 0.4) is 0 Å². The van der Waals surface area contributed by atoms with Crippen molar-refractivity contribution >= 4 is 5.65 Å². The van der Waals surface area contributed by atoms with Gasteiger partial charge in [0.25, 0.3) is 5.56 Å². The van der Waals surface area contributed by atoms with Gasteiger partial charge in [0.05, 0.1) is 0 Å². The maximum atomic E-state index is 13.3. The normalized spacial score (nSPS) is 11.2. The summed E-state index contributed by atoms with van der Waals surface area (Å²) < 4.78 is 14.7. The van der Waals surface area contributed by atoms with Crippen LogP contribution in [-0.2, 0) is 6.42 Å². The first-order valence-electron chi connectivity index (χ1n) is 8.45. The van der Waals surface area contributed by atoms with Gasteiger partial charge in [0.2, 0.25) is 0 Å². The predicted octanol–water partition coefficient (Wildman–Crippen LogP) is 4.04. The van der Waals surface area contributed by atoms with Crippen molar-refractivity contribution in [2.75, 3.05) is 0 Å². The first-order chi connectivity index (χ1) is 12.5. The highest BCUT2D eigenvalue weighted by Crippen LogP contribution is 2.27. The number of H-pyrrole nitrogens is 1. The SMILES string of the molecule is Cc1nc2c(-c3ccc(F)cc3)c(C)[nH]n2c(=O)c1Cc1ccccc1. The molecule has 0 aliphatic heterocycles. The summed E-state index contributed by atoms with van der Waals surface area (Å²) in [7, 11) is 0. The Hall–Kier alpha value is -3.21. The molecule has 0 unspecified atom stereocenters. The molecule has 0 saturated heterocycles. The summed E-state index contributed by atoms with van der Waals surface area (Å²) in [5.74, 6) is -0.294. The number of hydrogen-bond donors (Lipinski definition) is 1. The van der Waals surface area contributed by atoms with E-state index in [-0.39, 0.29) is 11.4 Å². The largest absolute Gasteiger partial charge is 0.293 e. The number of aryl methyl sites for hydroxylation is 2. The Balaban J connectivity index is 1.90. The van der Waals surface area contributed by atoms with Crippen LogP contribution in [0.4, 0.5) is 4.39 Å². The zero-order valence-corrected chi connectivity index (χ0v) is 14.6. The first kappa shape index (κ1) is 16.3. The lowest BCUT2D eigenvalue weighted by atomic mass is 10.0. The second kappa shape index (κ2) is 6.26. The monoisotopic (exact) mass is 347 g/mol. The lowest BCUT2D eigenvalue weighted by Gasteiger charge is -2.07. The fraction of sp³-hybridized carbons (Fsp3) is 0.143. The molecular formula is C21H18FN3O. The maximum Gasteiger partial charge on any atom is 0.276 e. The van der Waals surface area contributed by atoms with E-state index in [0.717, 1.165) is 22.4 Å². The summed E-state index contributed by atoms with van der Waals surface area (Å²) in [6.07, 6.45) is 0.533. The molecule has 0 fully saturated rings. The standard InChI is InChI=1S/C21H18FN3O/c1-13-18(12-15-6-4-3-5-7-15)21(26)25-20(23-13)19(14(2)24-25)16-8-10-17(22)11-9-16/h3-11,24H,12H2,1-2H3. The third-order valence-electron chi connectivity index (χ3n) is 4.62. The molecule has 2 aromatic heterocycles. The Morgan fingerprint density at radius 2 is 1.73 bits per heavy atom. The third kappa shape index (κ3) is 2.71. The number of nitrogens with one attached hydrogen (secondary N) is 1. The van der Waals surface area contributed by atoms with Gasteiger partial charge in [-0.3, -0.25) is 9.89 Å². The smallest absolute Gasteiger partial charge is 0.276 e. The number of benzene rings is 2. The highest BCUT2D eigenvalue weighted by Gasteiger charge is 2.17. The van der Waals surface area contributed by atoms with Gasteiger partial charge < -0.3 is 0 Å². The molecule has 5 heteroatoms. The van der Waals surface area contributed by atoms with Crippen molar-refractivity contribution in [1.29, 1.82) is 0 Å². The molecule has 0 atom stereocenters. The minimum atomic E-state index is -0.294. The number of halogens is 1. The van der Waals surface area contributed by atoms with E-state index in [1.165, 1.54) is 16.6 Å². The summed E-state index contributed by atoms with van der Waals surface area (Å²) >= 11 is 0. The summed E-state index contributed by atoms with van der Waals surface area (Å²) in [4.78, 5) is 17.7. The van der Waals surface area contributed by atoms with Crippen molar-refractivity contribution < 1.29 is 4.39 Å². The second-order valence-electron chi connectivity index (χ2n) is 6.42. The van der Waals surface area contributed by atoms with E-state index in [9.17, 15) is 9.18 Å². The number of rotatable bonds is 3. The number of fused-ring (bicyclic) bond motifs is 1. The molecule has 0 spiro atoms. The van der Waals surface area contributed by atoms with Gasteiger partial charge in [-0.05, 0) is 37.1 Å². The predicted molar refractivity (Wildman–Crippen MR) is 99.9 cm³/mol. The van der Waals surface area contributed by atoms with Crippen LogP contribution in [0, 0.1) is 19.7 Å². The zero-order chi connectivity index (χ0) is 18.3. The van der Waals surface area contributed by atoms with E-state index in [1.54, 1.807) is 12.1 Å². The molecule has 4 aromatic rings. The summed E-state index contributed by atoms with van der Waals surface area (Å²) in [5, 5.41) is 3.11. The number of hydrogen-bond acceptors (Lipinski definition) is 2. The van der Waals surface area contributed by atoms with Crippen LogP contribution in [0.1, 0.15) is 22.5 Å². The van der Waals surface area contributed by atoms with E-state index >= 15 is 0 Å². The molecule has 4 rings (SSSR count). The summed E-state index contributed by atoms with van der Waals surface area (Å²) in [6.45, 7) is 3.75. The number of nitrogens with zero attached hydrogens (tertiary/aromatic N) is 2. The Labute approximate surface area is 149 Å². The second-order valence-corrected chi connectivity index (χ2v) is 6.42. The average molecular weight is 347 g/mol. The molecule has 130 valence electrons. The van der Waals surface area contributed by atoms with E-state index in [0.29, 0.717) is 23.3 Å². The molecule has 4 nitrogen and oxygen atoms in total. The number of aromatic amines is 1. The lowest BCUT2D eigenvalue weighted by molar-refractivity contribution is 0.628. The Bertz CT molecular complexity index is 1140. The summed E-state index contributed by atoms with van der Waals surface area (Å²) in [5.41, 5.74) is 5.36. The molecule has 0 aliphatic carbocycles. The van der Waals surface area contributed by atoms with Gasteiger partial charge in [0, 0.05) is 28.9 Å². The highest BCUT2D eigenvalue weighted by atomic mass is 19.1. The van der Waals surface area contributed by atoms with E-state index in [2.05, 4.69) is 5.10 Å². The molecule has 0 radical (unpaired) electrons. The minimum Gasteiger partial charge on any atom is -0.293 e. The van der Waals surface area contributed by atoms with E-state index in [4.69, 9.17) is 4.98 Å². The fourth-order valence-electron chi connectivity index (χ4n) is 3.29. The maximum absolute atomic E-state index is 13.3. The Morgan fingerprint density at radius 3 is 2.42 bits per heavy atom. The molecule has 2 heterocycles. The zero-order valence-electron chi connectivity index (χ0n) is 14.6.